The van der Waals surface area contributed by atoms with Crippen LogP contribution in [0.25, 0.3) is 22.4 Å². The van der Waals surface area contributed by atoms with E-state index in [0.717, 1.165) is 21.9 Å². The number of rotatable bonds is 5. The highest BCUT2D eigenvalue weighted by atomic mass is 16.5. The van der Waals surface area contributed by atoms with Crippen LogP contribution < -0.4 is 9.47 Å². The molecule has 0 spiro atoms. The summed E-state index contributed by atoms with van der Waals surface area (Å²) in [4.78, 5) is 0. The van der Waals surface area contributed by atoms with Gasteiger partial charge in [-0.2, -0.15) is 5.26 Å². The Morgan fingerprint density at radius 3 is 2.50 bits per heavy atom. The number of methoxy groups -OCH3 is 1. The highest BCUT2D eigenvalue weighted by Crippen LogP contribution is 2.31. The summed E-state index contributed by atoms with van der Waals surface area (Å²) in [5.41, 5.74) is 2.43. The van der Waals surface area contributed by atoms with E-state index in [1.807, 2.05) is 68.5 Å². The molecule has 0 atom stereocenters. The van der Waals surface area contributed by atoms with Crippen LogP contribution in [0, 0.1) is 11.3 Å². The fourth-order valence-corrected chi connectivity index (χ4v) is 2.92. The predicted molar refractivity (Wildman–Crippen MR) is 106 cm³/mol. The molecule has 0 aliphatic heterocycles. The summed E-state index contributed by atoms with van der Waals surface area (Å²) in [5.74, 6) is 1.35. The molecule has 0 fully saturated rings. The lowest BCUT2D eigenvalue weighted by Gasteiger charge is -2.14. The van der Waals surface area contributed by atoms with Crippen molar-refractivity contribution >= 4 is 22.4 Å². The smallest absolute Gasteiger partial charge is 0.161 e. The molecule has 0 aromatic heterocycles. The van der Waals surface area contributed by atoms with E-state index in [0.29, 0.717) is 17.1 Å². The van der Waals surface area contributed by atoms with Gasteiger partial charge in [0.15, 0.2) is 11.5 Å². The van der Waals surface area contributed by atoms with Crippen LogP contribution >= 0.6 is 0 Å². The Morgan fingerprint density at radius 1 is 1.00 bits per heavy atom. The molecule has 0 aliphatic carbocycles. The first-order valence-electron chi connectivity index (χ1n) is 8.57. The molecular formula is C23H21NO2. The van der Waals surface area contributed by atoms with E-state index in [1.54, 1.807) is 7.11 Å². The largest absolute Gasteiger partial charge is 0.493 e. The van der Waals surface area contributed by atoms with Crippen LogP contribution in [0.5, 0.6) is 11.5 Å². The number of allylic oxidation sites excluding steroid dienone is 1. The van der Waals surface area contributed by atoms with E-state index >= 15 is 0 Å². The zero-order chi connectivity index (χ0) is 18.5. The van der Waals surface area contributed by atoms with Crippen molar-refractivity contribution in [2.45, 2.75) is 20.0 Å². The molecule has 0 N–H and O–H groups in total. The van der Waals surface area contributed by atoms with Gasteiger partial charge < -0.3 is 9.47 Å². The van der Waals surface area contributed by atoms with E-state index in [-0.39, 0.29) is 6.10 Å². The average Bonchev–Trinajstić information content (AvgIpc) is 2.66. The topological polar surface area (TPSA) is 42.2 Å². The normalized spacial score (nSPS) is 11.4. The van der Waals surface area contributed by atoms with Gasteiger partial charge in [-0.3, -0.25) is 0 Å². The van der Waals surface area contributed by atoms with Crippen molar-refractivity contribution in [3.8, 4) is 17.6 Å². The second-order valence-corrected chi connectivity index (χ2v) is 6.27. The molecule has 0 saturated carbocycles. The maximum atomic E-state index is 9.73. The van der Waals surface area contributed by atoms with Gasteiger partial charge in [-0.15, -0.1) is 0 Å². The van der Waals surface area contributed by atoms with Crippen LogP contribution in [0.2, 0.25) is 0 Å². The number of nitrogens with zero attached hydrogens (tertiary/aromatic N) is 1. The van der Waals surface area contributed by atoms with Crippen molar-refractivity contribution in [1.82, 2.24) is 0 Å². The summed E-state index contributed by atoms with van der Waals surface area (Å²) in [6.45, 7) is 3.95. The first-order chi connectivity index (χ1) is 12.6. The van der Waals surface area contributed by atoms with E-state index in [4.69, 9.17) is 9.47 Å². The maximum Gasteiger partial charge on any atom is 0.161 e. The van der Waals surface area contributed by atoms with Gasteiger partial charge in [0.25, 0.3) is 0 Å². The molecule has 26 heavy (non-hydrogen) atoms. The summed E-state index contributed by atoms with van der Waals surface area (Å²) < 4.78 is 11.2. The van der Waals surface area contributed by atoms with Crippen molar-refractivity contribution in [2.24, 2.45) is 0 Å². The summed E-state index contributed by atoms with van der Waals surface area (Å²) in [6, 6.07) is 22.1. The minimum atomic E-state index is 0.0654. The minimum absolute atomic E-state index is 0.0654. The second kappa shape index (κ2) is 7.76. The lowest BCUT2D eigenvalue weighted by atomic mass is 9.97. The molecule has 3 aromatic rings. The van der Waals surface area contributed by atoms with Gasteiger partial charge in [0.05, 0.1) is 24.9 Å². The molecular weight excluding hydrogens is 322 g/mol. The first kappa shape index (κ1) is 17.6. The Bertz CT molecular complexity index is 991. The summed E-state index contributed by atoms with van der Waals surface area (Å²) in [5, 5.41) is 11.9. The maximum absolute atomic E-state index is 9.73. The van der Waals surface area contributed by atoms with Gasteiger partial charge in [-0.25, -0.2) is 0 Å². The van der Waals surface area contributed by atoms with Crippen LogP contribution in [0.3, 0.4) is 0 Å². The van der Waals surface area contributed by atoms with E-state index in [1.165, 1.54) is 0 Å². The van der Waals surface area contributed by atoms with Crippen LogP contribution in [-0.2, 0) is 0 Å². The third-order valence-corrected chi connectivity index (χ3v) is 4.06. The van der Waals surface area contributed by atoms with Gasteiger partial charge in [-0.1, -0.05) is 48.5 Å². The first-order valence-corrected chi connectivity index (χ1v) is 8.57. The Kier molecular flexibility index (Phi) is 5.24. The lowest BCUT2D eigenvalue weighted by molar-refractivity contribution is 0.230. The summed E-state index contributed by atoms with van der Waals surface area (Å²) in [7, 11) is 1.62. The average molecular weight is 343 g/mol. The number of hydrogen-bond donors (Lipinski definition) is 0. The Balaban J connectivity index is 2.06. The molecule has 0 amide bonds. The van der Waals surface area contributed by atoms with E-state index < -0.39 is 0 Å². The Morgan fingerprint density at radius 2 is 1.77 bits per heavy atom. The molecule has 0 heterocycles. The molecule has 3 nitrogen and oxygen atoms in total. The quantitative estimate of drug-likeness (QED) is 0.441. The van der Waals surface area contributed by atoms with Crippen LogP contribution in [0.15, 0.2) is 60.7 Å². The van der Waals surface area contributed by atoms with Crippen molar-refractivity contribution in [3.05, 3.63) is 71.8 Å². The van der Waals surface area contributed by atoms with Crippen LogP contribution in [0.4, 0.5) is 0 Å². The molecule has 3 rings (SSSR count). The van der Waals surface area contributed by atoms with Crippen LogP contribution in [0.1, 0.15) is 25.0 Å². The van der Waals surface area contributed by atoms with Gasteiger partial charge in [0.2, 0.25) is 0 Å². The highest BCUT2D eigenvalue weighted by molar-refractivity contribution is 6.01. The van der Waals surface area contributed by atoms with Crippen molar-refractivity contribution in [1.29, 1.82) is 5.26 Å². The fourth-order valence-electron chi connectivity index (χ4n) is 2.92. The Labute approximate surface area is 154 Å². The zero-order valence-electron chi connectivity index (χ0n) is 15.2. The summed E-state index contributed by atoms with van der Waals surface area (Å²) in [6.07, 6.45) is 1.94. The van der Waals surface area contributed by atoms with Crippen LogP contribution in [-0.4, -0.2) is 13.2 Å². The molecule has 0 saturated heterocycles. The highest BCUT2D eigenvalue weighted by Gasteiger charge is 2.09. The number of fused-ring (bicyclic) bond motifs is 1. The van der Waals surface area contributed by atoms with Crippen molar-refractivity contribution in [3.63, 3.8) is 0 Å². The van der Waals surface area contributed by atoms with Gasteiger partial charge >= 0.3 is 0 Å². The number of hydrogen-bond acceptors (Lipinski definition) is 3. The molecule has 0 radical (unpaired) electrons. The SMILES string of the molecule is COc1cc(/C=C(\C#N)c2cccc3ccccc23)ccc1OC(C)C. The van der Waals surface area contributed by atoms with E-state index in [9.17, 15) is 5.26 Å². The third kappa shape index (κ3) is 3.70. The molecule has 0 aliphatic rings. The summed E-state index contributed by atoms with van der Waals surface area (Å²) >= 11 is 0. The number of benzene rings is 3. The van der Waals surface area contributed by atoms with Gasteiger partial charge in [-0.05, 0) is 48.4 Å². The molecule has 0 bridgehead atoms. The molecule has 3 aromatic carbocycles. The fraction of sp³-hybridized carbons (Fsp3) is 0.174. The monoisotopic (exact) mass is 343 g/mol. The minimum Gasteiger partial charge on any atom is -0.493 e. The zero-order valence-corrected chi connectivity index (χ0v) is 15.2. The third-order valence-electron chi connectivity index (χ3n) is 4.06. The standard InChI is InChI=1S/C23H21NO2/c1-16(2)26-22-12-11-17(14-23(22)25-3)13-19(15-24)21-10-6-8-18-7-4-5-9-20(18)21/h4-14,16H,1-3H3/b19-13+. The Hall–Kier alpha value is -3.25. The van der Waals surface area contributed by atoms with Crippen molar-refractivity contribution < 1.29 is 9.47 Å². The molecule has 130 valence electrons. The lowest BCUT2D eigenvalue weighted by Crippen LogP contribution is -2.06. The molecule has 0 unspecified atom stereocenters. The van der Waals surface area contributed by atoms with E-state index in [2.05, 4.69) is 18.2 Å². The second-order valence-electron chi connectivity index (χ2n) is 6.27. The van der Waals surface area contributed by atoms with Gasteiger partial charge in [0, 0.05) is 5.56 Å². The van der Waals surface area contributed by atoms with Gasteiger partial charge in [0.1, 0.15) is 0 Å². The predicted octanol–water partition coefficient (Wildman–Crippen LogP) is 5.70. The number of ether oxygens (including phenoxy) is 2. The van der Waals surface area contributed by atoms with Crippen molar-refractivity contribution in [2.75, 3.05) is 7.11 Å². The molecule has 3 heteroatoms. The number of nitriles is 1.